The number of fused-ring (bicyclic) bond motifs is 11. The average molecular weight is 701 g/mol. The van der Waals surface area contributed by atoms with E-state index in [2.05, 4.69) is 190 Å². The topological polar surface area (TPSA) is 25.8 Å². The van der Waals surface area contributed by atoms with Crippen molar-refractivity contribution in [2.24, 2.45) is 0 Å². The molecule has 1 aliphatic carbocycles. The molecule has 0 spiro atoms. The third kappa shape index (κ3) is 4.88. The van der Waals surface area contributed by atoms with Crippen LogP contribution in [0.25, 0.3) is 99.2 Å². The van der Waals surface area contributed by atoms with Gasteiger partial charge in [-0.25, -0.2) is 9.97 Å². The van der Waals surface area contributed by atoms with Crippen LogP contribution in [0, 0.1) is 0 Å². The van der Waals surface area contributed by atoms with Gasteiger partial charge >= 0.3 is 0 Å². The quantitative estimate of drug-likeness (QED) is 0.171. The Morgan fingerprint density at radius 2 is 0.818 bits per heavy atom. The first kappa shape index (κ1) is 31.6. The van der Waals surface area contributed by atoms with E-state index in [4.69, 9.17) is 9.97 Å². The van der Waals surface area contributed by atoms with Crippen molar-refractivity contribution in [3.05, 3.63) is 193 Å². The molecule has 1 aromatic heterocycles. The highest BCUT2D eigenvalue weighted by molar-refractivity contribution is 6.25. The van der Waals surface area contributed by atoms with Crippen LogP contribution >= 0.6 is 0 Å². The van der Waals surface area contributed by atoms with Crippen molar-refractivity contribution in [1.82, 2.24) is 9.97 Å². The molecule has 0 aliphatic heterocycles. The van der Waals surface area contributed by atoms with Crippen LogP contribution in [-0.4, -0.2) is 9.97 Å². The molecule has 0 atom stereocenters. The van der Waals surface area contributed by atoms with Crippen molar-refractivity contribution >= 4 is 43.1 Å². The Hall–Kier alpha value is -6.90. The van der Waals surface area contributed by atoms with E-state index in [1.54, 1.807) is 0 Å². The molecule has 0 unspecified atom stereocenters. The van der Waals surface area contributed by atoms with E-state index in [0.717, 1.165) is 33.9 Å². The van der Waals surface area contributed by atoms with Crippen molar-refractivity contribution in [2.45, 2.75) is 19.3 Å². The van der Waals surface area contributed by atoms with Gasteiger partial charge in [-0.2, -0.15) is 0 Å². The van der Waals surface area contributed by atoms with Crippen LogP contribution in [0.2, 0.25) is 0 Å². The standard InChI is InChI=1S/C53H36N2/c1-53(2)48-40-21-7-6-14-33(40)26-29-46(48)51-49(53)50(54-52(55-51)34-15-4-3-5-16-34)39-20-13-19-37(31-39)35-17-12-18-36(30-35)38-27-28-45-43-24-9-8-22-41(43)42-23-10-11-25-44(42)47(45)32-38/h3-32H,1-2H3. The van der Waals surface area contributed by atoms with Gasteiger partial charge in [0.2, 0.25) is 0 Å². The molecule has 0 saturated heterocycles. The van der Waals surface area contributed by atoms with Gasteiger partial charge in [0.05, 0.1) is 11.4 Å². The monoisotopic (exact) mass is 700 g/mol. The Kier molecular flexibility index (Phi) is 6.93. The van der Waals surface area contributed by atoms with Crippen LogP contribution in [0.3, 0.4) is 0 Å². The van der Waals surface area contributed by atoms with E-state index >= 15 is 0 Å². The first-order valence-electron chi connectivity index (χ1n) is 19.1. The molecule has 0 fully saturated rings. The summed E-state index contributed by atoms with van der Waals surface area (Å²) in [5.41, 5.74) is 12.2. The Balaban J connectivity index is 1.06. The molecule has 1 aliphatic rings. The number of rotatable bonds is 4. The summed E-state index contributed by atoms with van der Waals surface area (Å²) in [6, 6.07) is 66.0. The molecule has 2 heteroatoms. The smallest absolute Gasteiger partial charge is 0.160 e. The van der Waals surface area contributed by atoms with Gasteiger partial charge in [-0.3, -0.25) is 0 Å². The van der Waals surface area contributed by atoms with Crippen LogP contribution in [0.1, 0.15) is 25.0 Å². The molecule has 258 valence electrons. The fraction of sp³-hybridized carbons (Fsp3) is 0.0566. The summed E-state index contributed by atoms with van der Waals surface area (Å²) in [4.78, 5) is 10.7. The van der Waals surface area contributed by atoms with Gasteiger partial charge in [0.15, 0.2) is 5.82 Å². The Bertz CT molecular complexity index is 3140. The molecule has 55 heavy (non-hydrogen) atoms. The second-order valence-electron chi connectivity index (χ2n) is 15.3. The van der Waals surface area contributed by atoms with Crippen LogP contribution < -0.4 is 0 Å². The predicted molar refractivity (Wildman–Crippen MR) is 231 cm³/mol. The zero-order valence-electron chi connectivity index (χ0n) is 30.7. The molecule has 2 nitrogen and oxygen atoms in total. The molecule has 0 radical (unpaired) electrons. The summed E-state index contributed by atoms with van der Waals surface area (Å²) >= 11 is 0. The fourth-order valence-corrected chi connectivity index (χ4v) is 9.25. The van der Waals surface area contributed by atoms with E-state index < -0.39 is 0 Å². The normalized spacial score (nSPS) is 13.1. The van der Waals surface area contributed by atoms with Gasteiger partial charge < -0.3 is 0 Å². The van der Waals surface area contributed by atoms with E-state index in [9.17, 15) is 0 Å². The highest BCUT2D eigenvalue weighted by Gasteiger charge is 2.41. The maximum absolute atomic E-state index is 5.41. The van der Waals surface area contributed by atoms with E-state index in [-0.39, 0.29) is 5.41 Å². The lowest BCUT2D eigenvalue weighted by Crippen LogP contribution is -2.18. The summed E-state index contributed by atoms with van der Waals surface area (Å²) < 4.78 is 0. The minimum Gasteiger partial charge on any atom is -0.228 e. The largest absolute Gasteiger partial charge is 0.228 e. The second-order valence-corrected chi connectivity index (χ2v) is 15.3. The van der Waals surface area contributed by atoms with Gasteiger partial charge in [0.1, 0.15) is 0 Å². The molecular formula is C53H36N2. The number of nitrogens with zero attached hydrogens (tertiary/aromatic N) is 2. The Morgan fingerprint density at radius 1 is 0.327 bits per heavy atom. The predicted octanol–water partition coefficient (Wildman–Crippen LogP) is 14.1. The van der Waals surface area contributed by atoms with Crippen molar-refractivity contribution in [3.8, 4) is 56.2 Å². The lowest BCUT2D eigenvalue weighted by molar-refractivity contribution is 0.663. The Labute approximate surface area is 320 Å². The first-order valence-corrected chi connectivity index (χ1v) is 19.1. The highest BCUT2D eigenvalue weighted by atomic mass is 14.9. The van der Waals surface area contributed by atoms with Crippen LogP contribution in [0.15, 0.2) is 182 Å². The van der Waals surface area contributed by atoms with Gasteiger partial charge in [0, 0.05) is 27.7 Å². The summed E-state index contributed by atoms with van der Waals surface area (Å²) in [6.45, 7) is 4.67. The molecule has 0 bridgehead atoms. The van der Waals surface area contributed by atoms with Crippen molar-refractivity contribution in [2.75, 3.05) is 0 Å². The van der Waals surface area contributed by atoms with Gasteiger partial charge in [-0.05, 0) is 89.1 Å². The minimum atomic E-state index is -0.308. The molecule has 11 rings (SSSR count). The average Bonchev–Trinajstić information content (AvgIpc) is 3.49. The fourth-order valence-electron chi connectivity index (χ4n) is 9.25. The number of hydrogen-bond donors (Lipinski definition) is 0. The van der Waals surface area contributed by atoms with Gasteiger partial charge in [0.25, 0.3) is 0 Å². The molecule has 0 amide bonds. The molecule has 1 heterocycles. The van der Waals surface area contributed by atoms with Crippen LogP contribution in [0.5, 0.6) is 0 Å². The highest BCUT2D eigenvalue weighted by Crippen LogP contribution is 2.54. The van der Waals surface area contributed by atoms with Gasteiger partial charge in [-0.15, -0.1) is 0 Å². The van der Waals surface area contributed by atoms with Crippen LogP contribution in [0.4, 0.5) is 0 Å². The van der Waals surface area contributed by atoms with E-state index in [0.29, 0.717) is 0 Å². The summed E-state index contributed by atoms with van der Waals surface area (Å²) in [7, 11) is 0. The maximum Gasteiger partial charge on any atom is 0.160 e. The third-order valence-corrected chi connectivity index (χ3v) is 11.8. The summed E-state index contributed by atoms with van der Waals surface area (Å²) in [6.07, 6.45) is 0. The zero-order chi connectivity index (χ0) is 36.7. The first-order chi connectivity index (χ1) is 27.0. The number of hydrogen-bond acceptors (Lipinski definition) is 2. The lowest BCUT2D eigenvalue weighted by Gasteiger charge is -2.25. The molecule has 0 N–H and O–H groups in total. The maximum atomic E-state index is 5.41. The van der Waals surface area contributed by atoms with Crippen molar-refractivity contribution in [3.63, 3.8) is 0 Å². The zero-order valence-corrected chi connectivity index (χ0v) is 30.7. The lowest BCUT2D eigenvalue weighted by atomic mass is 9.78. The number of benzene rings is 9. The third-order valence-electron chi connectivity index (χ3n) is 11.8. The molecule has 9 aromatic carbocycles. The second kappa shape index (κ2) is 12.1. The molecule has 0 saturated carbocycles. The van der Waals surface area contributed by atoms with Crippen molar-refractivity contribution < 1.29 is 0 Å². The van der Waals surface area contributed by atoms with E-state index in [1.807, 2.05) is 6.07 Å². The minimum absolute atomic E-state index is 0.308. The summed E-state index contributed by atoms with van der Waals surface area (Å²) in [5.74, 6) is 0.746. The Morgan fingerprint density at radius 3 is 1.49 bits per heavy atom. The SMILES string of the molecule is CC1(C)c2c(-c3cccc(-c4cccc(-c5ccc6c7ccccc7c7ccccc7c6c5)c4)c3)nc(-c3ccccc3)nc2-c2ccc3ccccc3c21. The summed E-state index contributed by atoms with van der Waals surface area (Å²) in [5, 5.41) is 10.2. The van der Waals surface area contributed by atoms with Crippen molar-refractivity contribution in [1.29, 1.82) is 0 Å². The molecule has 10 aromatic rings. The molecular weight excluding hydrogens is 665 g/mol. The van der Waals surface area contributed by atoms with E-state index in [1.165, 1.54) is 76.5 Å². The van der Waals surface area contributed by atoms with Gasteiger partial charge in [-0.1, -0.05) is 178 Å². The number of aromatic nitrogens is 2. The van der Waals surface area contributed by atoms with Crippen LogP contribution in [-0.2, 0) is 5.41 Å².